The largest absolute Gasteiger partial charge is 0.309 e. The molecule has 0 amide bonds. The van der Waals surface area contributed by atoms with E-state index in [0.717, 1.165) is 204 Å². The molecule has 0 bridgehead atoms. The van der Waals surface area contributed by atoms with Crippen LogP contribution in [0.15, 0.2) is 400 Å². The summed E-state index contributed by atoms with van der Waals surface area (Å²) in [5.74, 6) is 0. The van der Waals surface area contributed by atoms with Crippen LogP contribution >= 0.6 is 0 Å². The molecule has 0 atom stereocenters. The lowest BCUT2D eigenvalue weighted by Crippen LogP contribution is -2.18. The molecule has 18 aromatic carbocycles. The molecule has 117 heavy (non-hydrogen) atoms. The van der Waals surface area contributed by atoms with Crippen molar-refractivity contribution in [3.05, 3.63) is 406 Å². The van der Waals surface area contributed by atoms with Gasteiger partial charge in [0.15, 0.2) is 0 Å². The van der Waals surface area contributed by atoms with E-state index in [9.17, 15) is 5.26 Å². The molecule has 0 aliphatic carbocycles. The number of aromatic nitrogens is 7. The van der Waals surface area contributed by atoms with Gasteiger partial charge in [-0.3, -0.25) is 0 Å². The van der Waals surface area contributed by atoms with Crippen LogP contribution in [0.1, 0.15) is 5.56 Å². The maximum absolute atomic E-state index is 11.5. The highest BCUT2D eigenvalue weighted by Crippen LogP contribution is 2.55. The zero-order valence-corrected chi connectivity index (χ0v) is 63.2. The molecule has 7 aromatic heterocycles. The lowest BCUT2D eigenvalue weighted by atomic mass is 9.94. The second kappa shape index (κ2) is 25.0. The van der Waals surface area contributed by atoms with E-state index < -0.39 is 0 Å². The Bertz CT molecular complexity index is 7920. The van der Waals surface area contributed by atoms with E-state index in [4.69, 9.17) is 0 Å². The van der Waals surface area contributed by atoms with Gasteiger partial charge >= 0.3 is 0 Å². The first-order valence-electron chi connectivity index (χ1n) is 40.0. The standard InChI is InChI=1S/C109H66N8/c110-67-68-28-27-29-73(62-68)104-105(113-92-46-19-7-34-76(92)77-35-8-20-47-93(77)113)107(115-96-50-23-11-38-80(96)81-39-12-24-51-97(81)115)109(108(116-98-52-25-13-40-82(98)83-41-14-26-53-99(83)116)106(104)114-94-48-21-9-36-78(94)79-37-10-22-49-95(79)114)117-102-60-56-71(69-54-58-100-86(63-69)84-42-15-17-44-90(84)111(100)74-30-3-1-4-31-74)65-88(102)89-66-72(57-61-103(89)117)70-55-59-101-87(64-70)85-43-16-18-45-91(85)112(101)75-32-5-2-6-33-75/h1-66H. The zero-order chi connectivity index (χ0) is 76.7. The minimum absolute atomic E-state index is 0.547. The number of nitriles is 1. The van der Waals surface area contributed by atoms with Gasteiger partial charge in [0, 0.05) is 92.3 Å². The van der Waals surface area contributed by atoms with Gasteiger partial charge < -0.3 is 32.0 Å². The summed E-state index contributed by atoms with van der Waals surface area (Å²) in [6, 6.07) is 151. The normalized spacial score (nSPS) is 12.1. The van der Waals surface area contributed by atoms with Crippen molar-refractivity contribution < 1.29 is 0 Å². The van der Waals surface area contributed by atoms with E-state index in [1.165, 1.54) is 21.5 Å². The summed E-state index contributed by atoms with van der Waals surface area (Å²) in [5, 5.41) is 27.4. The molecule has 0 saturated carbocycles. The number of para-hydroxylation sites is 12. The summed E-state index contributed by atoms with van der Waals surface area (Å²) in [5.41, 5.74) is 28.6. The molecular weight excluding hydrogens is 1420 g/mol. The van der Waals surface area contributed by atoms with Crippen LogP contribution in [-0.4, -0.2) is 32.0 Å². The first-order valence-corrected chi connectivity index (χ1v) is 40.0. The van der Waals surface area contributed by atoms with E-state index in [1.807, 2.05) is 6.07 Å². The van der Waals surface area contributed by atoms with Gasteiger partial charge in [0.1, 0.15) is 0 Å². The van der Waals surface area contributed by atoms with E-state index in [2.05, 4.69) is 432 Å². The zero-order valence-electron chi connectivity index (χ0n) is 63.2. The third-order valence-electron chi connectivity index (χ3n) is 24.9. The van der Waals surface area contributed by atoms with Gasteiger partial charge in [0.2, 0.25) is 0 Å². The molecule has 0 aliphatic heterocycles. The third kappa shape index (κ3) is 9.27. The van der Waals surface area contributed by atoms with Crippen LogP contribution in [0, 0.1) is 11.3 Å². The molecular formula is C109H66N8. The van der Waals surface area contributed by atoms with Crippen molar-refractivity contribution in [1.29, 1.82) is 5.26 Å². The Hall–Kier alpha value is -16.0. The van der Waals surface area contributed by atoms with Gasteiger partial charge in [-0.25, -0.2) is 0 Å². The van der Waals surface area contributed by atoms with E-state index in [0.29, 0.717) is 5.56 Å². The minimum Gasteiger partial charge on any atom is -0.309 e. The average Bonchev–Trinajstić information content (AvgIpc) is 1.54. The lowest BCUT2D eigenvalue weighted by Gasteiger charge is -2.32. The Labute approximate surface area is 670 Å². The van der Waals surface area contributed by atoms with Crippen molar-refractivity contribution in [2.24, 2.45) is 0 Å². The average molecular weight is 1490 g/mol. The topological polar surface area (TPSA) is 58.3 Å². The molecule has 0 radical (unpaired) electrons. The van der Waals surface area contributed by atoms with Crippen LogP contribution in [0.2, 0.25) is 0 Å². The Balaban J connectivity index is 0.927. The number of benzene rings is 18. The van der Waals surface area contributed by atoms with Crippen molar-refractivity contribution in [2.75, 3.05) is 0 Å². The number of nitrogens with zero attached hydrogens (tertiary/aromatic N) is 8. The number of fused-ring (bicyclic) bond motifs is 21. The summed E-state index contributed by atoms with van der Waals surface area (Å²) in [4.78, 5) is 0. The van der Waals surface area contributed by atoms with E-state index in [-0.39, 0.29) is 0 Å². The quantitative estimate of drug-likeness (QED) is 0.135. The van der Waals surface area contributed by atoms with Gasteiger partial charge in [0.25, 0.3) is 0 Å². The van der Waals surface area contributed by atoms with Crippen LogP contribution in [-0.2, 0) is 0 Å². The second-order valence-electron chi connectivity index (χ2n) is 30.9. The Morgan fingerprint density at radius 1 is 0.154 bits per heavy atom. The van der Waals surface area contributed by atoms with Crippen molar-refractivity contribution in [3.63, 3.8) is 0 Å². The minimum atomic E-state index is 0.547. The Morgan fingerprint density at radius 3 is 0.650 bits per heavy atom. The summed E-state index contributed by atoms with van der Waals surface area (Å²) >= 11 is 0. The summed E-state index contributed by atoms with van der Waals surface area (Å²) in [7, 11) is 0. The highest BCUT2D eigenvalue weighted by Gasteiger charge is 2.37. The fourth-order valence-electron chi connectivity index (χ4n) is 20.1. The predicted octanol–water partition coefficient (Wildman–Crippen LogP) is 28.2. The third-order valence-corrected chi connectivity index (χ3v) is 24.9. The van der Waals surface area contributed by atoms with Gasteiger partial charge in [-0.1, -0.05) is 255 Å². The molecule has 0 aliphatic rings. The van der Waals surface area contributed by atoms with Crippen molar-refractivity contribution in [1.82, 2.24) is 32.0 Å². The van der Waals surface area contributed by atoms with Crippen molar-refractivity contribution in [3.8, 4) is 79.3 Å². The molecule has 542 valence electrons. The number of hydrogen-bond donors (Lipinski definition) is 0. The lowest BCUT2D eigenvalue weighted by molar-refractivity contribution is 1.00. The second-order valence-corrected chi connectivity index (χ2v) is 30.9. The van der Waals surface area contributed by atoms with Crippen LogP contribution < -0.4 is 0 Å². The van der Waals surface area contributed by atoms with Crippen LogP contribution in [0.4, 0.5) is 0 Å². The van der Waals surface area contributed by atoms with Crippen LogP contribution in [0.5, 0.6) is 0 Å². The SMILES string of the molecule is N#Cc1cccc(-c2c(-n3c4ccccc4c4ccccc43)c(-n3c4ccccc4c4ccccc43)c(-n3c4ccc(-c5ccc6c(c5)c5ccccc5n6-c5ccccc5)cc4c4cc(-c5ccc6c(c5)c5ccccc5n6-c5ccccc5)ccc43)c(-n3c4ccccc4c4ccccc43)c2-n2c3ccccc3c3ccccc32)c1. The molecule has 0 fully saturated rings. The highest BCUT2D eigenvalue weighted by atomic mass is 15.2. The van der Waals surface area contributed by atoms with Crippen molar-refractivity contribution >= 4 is 153 Å². The van der Waals surface area contributed by atoms with Gasteiger partial charge in [-0.05, 0) is 173 Å². The molecule has 0 N–H and O–H groups in total. The van der Waals surface area contributed by atoms with E-state index in [1.54, 1.807) is 0 Å². The maximum atomic E-state index is 11.5. The molecule has 7 heterocycles. The summed E-state index contributed by atoms with van der Waals surface area (Å²) in [6.07, 6.45) is 0. The molecule has 0 spiro atoms. The maximum Gasteiger partial charge on any atom is 0.0991 e. The van der Waals surface area contributed by atoms with Gasteiger partial charge in [-0.15, -0.1) is 0 Å². The summed E-state index contributed by atoms with van der Waals surface area (Å²) in [6.45, 7) is 0. The fourth-order valence-corrected chi connectivity index (χ4v) is 20.1. The van der Waals surface area contributed by atoms with Gasteiger partial charge in [-0.2, -0.15) is 5.26 Å². The highest BCUT2D eigenvalue weighted by molar-refractivity contribution is 6.21. The smallest absolute Gasteiger partial charge is 0.0991 e. The molecule has 0 saturated heterocycles. The van der Waals surface area contributed by atoms with E-state index >= 15 is 0 Å². The van der Waals surface area contributed by atoms with Crippen molar-refractivity contribution in [2.45, 2.75) is 0 Å². The Morgan fingerprint density at radius 2 is 0.368 bits per heavy atom. The molecule has 0 unspecified atom stereocenters. The van der Waals surface area contributed by atoms with Crippen LogP contribution in [0.25, 0.3) is 226 Å². The molecule has 8 nitrogen and oxygen atoms in total. The molecule has 8 heteroatoms. The molecule has 25 aromatic rings. The first kappa shape index (κ1) is 64.7. The molecule has 25 rings (SSSR count). The Kier molecular flexibility index (Phi) is 13.8. The monoisotopic (exact) mass is 1490 g/mol. The summed E-state index contributed by atoms with van der Waals surface area (Å²) < 4.78 is 17.8. The first-order chi connectivity index (χ1) is 58.1. The number of hydrogen-bond acceptors (Lipinski definition) is 1. The van der Waals surface area contributed by atoms with Crippen LogP contribution in [0.3, 0.4) is 0 Å². The predicted molar refractivity (Wildman–Crippen MR) is 488 cm³/mol. The van der Waals surface area contributed by atoms with Gasteiger partial charge in [0.05, 0.1) is 117 Å². The fraction of sp³-hybridized carbons (Fsp3) is 0. The number of rotatable bonds is 10.